The molecule has 0 fully saturated rings. The van der Waals surface area contributed by atoms with Gasteiger partial charge in [0.2, 0.25) is 0 Å². The van der Waals surface area contributed by atoms with Gasteiger partial charge in [-0.15, -0.1) is 0 Å². The van der Waals surface area contributed by atoms with Gasteiger partial charge in [0.15, 0.2) is 0 Å². The second kappa shape index (κ2) is 8.95. The van der Waals surface area contributed by atoms with Crippen molar-refractivity contribution in [2.24, 2.45) is 0 Å². The van der Waals surface area contributed by atoms with Crippen LogP contribution in [0.3, 0.4) is 0 Å². The molecule has 0 bridgehead atoms. The molecule has 114 valence electrons. The number of carboxylic acid groups (broad SMARTS) is 2. The molecule has 0 aliphatic rings. The van der Waals surface area contributed by atoms with Gasteiger partial charge in [0.05, 0.1) is 0 Å². The Labute approximate surface area is 118 Å². The fourth-order valence-electron chi connectivity index (χ4n) is 1.61. The van der Waals surface area contributed by atoms with Gasteiger partial charge in [0, 0.05) is 19.5 Å². The number of likely N-dealkylation sites (N-methyl/N-ethyl adjacent to an activating group) is 1. The molecule has 0 aromatic carbocycles. The van der Waals surface area contributed by atoms with Gasteiger partial charge in [0.1, 0.15) is 6.04 Å². The SMILES string of the molecule is C=C(C)CN(CC)C(=O)N[C@H](CCCC(=O)O)C(=O)O. The van der Waals surface area contributed by atoms with Crippen molar-refractivity contribution in [2.45, 2.75) is 39.2 Å². The first-order chi connectivity index (χ1) is 9.27. The lowest BCUT2D eigenvalue weighted by molar-refractivity contribution is -0.140. The molecule has 0 saturated heterocycles. The molecule has 1 atom stereocenters. The van der Waals surface area contributed by atoms with Crippen molar-refractivity contribution in [1.29, 1.82) is 0 Å². The number of carboxylic acids is 2. The first-order valence-corrected chi connectivity index (χ1v) is 6.42. The molecular formula is C13H22N2O5. The molecule has 0 rings (SSSR count). The summed E-state index contributed by atoms with van der Waals surface area (Å²) < 4.78 is 0. The first-order valence-electron chi connectivity index (χ1n) is 6.42. The van der Waals surface area contributed by atoms with Gasteiger partial charge in [-0.1, -0.05) is 12.2 Å². The van der Waals surface area contributed by atoms with Crippen LogP contribution in [0.4, 0.5) is 4.79 Å². The van der Waals surface area contributed by atoms with E-state index in [2.05, 4.69) is 11.9 Å². The van der Waals surface area contributed by atoms with Crippen LogP contribution in [0.25, 0.3) is 0 Å². The lowest BCUT2D eigenvalue weighted by Crippen LogP contribution is -2.48. The minimum Gasteiger partial charge on any atom is -0.481 e. The number of nitrogens with one attached hydrogen (secondary N) is 1. The molecule has 0 radical (unpaired) electrons. The number of rotatable bonds is 9. The van der Waals surface area contributed by atoms with Crippen LogP contribution in [-0.4, -0.2) is 52.2 Å². The first kappa shape index (κ1) is 17.9. The maximum absolute atomic E-state index is 11.9. The Morgan fingerprint density at radius 3 is 2.30 bits per heavy atom. The van der Waals surface area contributed by atoms with E-state index in [1.807, 2.05) is 0 Å². The maximum Gasteiger partial charge on any atom is 0.326 e. The molecule has 2 amide bonds. The average Bonchev–Trinajstić information content (AvgIpc) is 2.33. The summed E-state index contributed by atoms with van der Waals surface area (Å²) in [5, 5.41) is 19.9. The number of hydrogen-bond acceptors (Lipinski definition) is 3. The Kier molecular flexibility index (Phi) is 8.03. The lowest BCUT2D eigenvalue weighted by Gasteiger charge is -2.24. The quantitative estimate of drug-likeness (QED) is 0.554. The van der Waals surface area contributed by atoms with Crippen molar-refractivity contribution < 1.29 is 24.6 Å². The van der Waals surface area contributed by atoms with Crippen molar-refractivity contribution in [1.82, 2.24) is 10.2 Å². The number of urea groups is 1. The summed E-state index contributed by atoms with van der Waals surface area (Å²) in [6.07, 6.45) is 0.153. The number of aliphatic carboxylic acids is 2. The normalized spacial score (nSPS) is 11.5. The third-order valence-electron chi connectivity index (χ3n) is 2.61. The minimum atomic E-state index is -1.17. The maximum atomic E-state index is 11.9. The van der Waals surface area contributed by atoms with Gasteiger partial charge in [-0.25, -0.2) is 9.59 Å². The second-order valence-corrected chi connectivity index (χ2v) is 4.60. The summed E-state index contributed by atoms with van der Waals surface area (Å²) in [5.41, 5.74) is 0.791. The number of carbonyl (C=O) groups is 3. The highest BCUT2D eigenvalue weighted by Crippen LogP contribution is 2.04. The molecule has 7 nitrogen and oxygen atoms in total. The van der Waals surface area contributed by atoms with Crippen LogP contribution in [0.15, 0.2) is 12.2 Å². The molecule has 0 aliphatic heterocycles. The van der Waals surface area contributed by atoms with E-state index in [4.69, 9.17) is 10.2 Å². The Bertz CT molecular complexity index is 381. The molecule has 0 spiro atoms. The Balaban J connectivity index is 4.48. The van der Waals surface area contributed by atoms with E-state index in [1.54, 1.807) is 13.8 Å². The number of carbonyl (C=O) groups excluding carboxylic acids is 1. The van der Waals surface area contributed by atoms with E-state index in [9.17, 15) is 14.4 Å². The van der Waals surface area contributed by atoms with Crippen molar-refractivity contribution in [3.63, 3.8) is 0 Å². The van der Waals surface area contributed by atoms with Crippen LogP contribution >= 0.6 is 0 Å². The Morgan fingerprint density at radius 1 is 1.30 bits per heavy atom. The largest absolute Gasteiger partial charge is 0.481 e. The summed E-state index contributed by atoms with van der Waals surface area (Å²) in [6, 6.07) is -1.57. The molecule has 3 N–H and O–H groups in total. The molecule has 20 heavy (non-hydrogen) atoms. The van der Waals surface area contributed by atoms with E-state index in [0.717, 1.165) is 5.57 Å². The smallest absolute Gasteiger partial charge is 0.326 e. The topological polar surface area (TPSA) is 107 Å². The molecule has 0 aromatic heterocycles. The van der Waals surface area contributed by atoms with Gasteiger partial charge < -0.3 is 20.4 Å². The van der Waals surface area contributed by atoms with Crippen molar-refractivity contribution in [3.05, 3.63) is 12.2 Å². The van der Waals surface area contributed by atoms with E-state index >= 15 is 0 Å². The van der Waals surface area contributed by atoms with Gasteiger partial charge >= 0.3 is 18.0 Å². The second-order valence-electron chi connectivity index (χ2n) is 4.60. The monoisotopic (exact) mass is 286 g/mol. The summed E-state index contributed by atoms with van der Waals surface area (Å²) in [4.78, 5) is 34.8. The standard InChI is InChI=1S/C13H22N2O5/c1-4-15(8-9(2)3)13(20)14-10(12(18)19)6-5-7-11(16)17/h10H,2,4-8H2,1,3H3,(H,14,20)(H,16,17)(H,18,19)/t10-/m1/s1. The summed E-state index contributed by atoms with van der Waals surface area (Å²) in [7, 11) is 0. The van der Waals surface area contributed by atoms with Crippen molar-refractivity contribution in [2.75, 3.05) is 13.1 Å². The van der Waals surface area contributed by atoms with Crippen molar-refractivity contribution in [3.8, 4) is 0 Å². The van der Waals surface area contributed by atoms with Crippen molar-refractivity contribution >= 4 is 18.0 Å². The van der Waals surface area contributed by atoms with E-state index < -0.39 is 24.0 Å². The third-order valence-corrected chi connectivity index (χ3v) is 2.61. The summed E-state index contributed by atoms with van der Waals surface area (Å²) in [5.74, 6) is -2.16. The summed E-state index contributed by atoms with van der Waals surface area (Å²) >= 11 is 0. The molecule has 0 saturated carbocycles. The Hall–Kier alpha value is -2.05. The summed E-state index contributed by atoms with van der Waals surface area (Å²) in [6.45, 7) is 8.04. The number of nitrogens with zero attached hydrogens (tertiary/aromatic N) is 1. The van der Waals surface area contributed by atoms with Crippen LogP contribution in [-0.2, 0) is 9.59 Å². The van der Waals surface area contributed by atoms with Gasteiger partial charge in [0.25, 0.3) is 0 Å². The van der Waals surface area contributed by atoms with E-state index in [-0.39, 0.29) is 19.3 Å². The van der Waals surface area contributed by atoms with Crippen LogP contribution in [0.5, 0.6) is 0 Å². The minimum absolute atomic E-state index is 0.0813. The van der Waals surface area contributed by atoms with Gasteiger partial charge in [-0.3, -0.25) is 4.79 Å². The molecular weight excluding hydrogens is 264 g/mol. The zero-order valence-electron chi connectivity index (χ0n) is 11.9. The van der Waals surface area contributed by atoms with Crippen LogP contribution in [0, 0.1) is 0 Å². The molecule has 0 aliphatic carbocycles. The average molecular weight is 286 g/mol. The molecule has 0 unspecified atom stereocenters. The Morgan fingerprint density at radius 2 is 1.90 bits per heavy atom. The highest BCUT2D eigenvalue weighted by molar-refractivity contribution is 5.82. The van der Waals surface area contributed by atoms with E-state index in [0.29, 0.717) is 13.1 Å². The predicted molar refractivity (Wildman–Crippen MR) is 73.5 cm³/mol. The van der Waals surface area contributed by atoms with E-state index in [1.165, 1.54) is 4.90 Å². The van der Waals surface area contributed by atoms with Crippen LogP contribution in [0.2, 0.25) is 0 Å². The lowest BCUT2D eigenvalue weighted by atomic mass is 10.1. The zero-order chi connectivity index (χ0) is 15.7. The van der Waals surface area contributed by atoms with Crippen LogP contribution in [0.1, 0.15) is 33.1 Å². The fourth-order valence-corrected chi connectivity index (χ4v) is 1.61. The predicted octanol–water partition coefficient (Wildman–Crippen LogP) is 1.30. The molecule has 7 heteroatoms. The van der Waals surface area contributed by atoms with Gasteiger partial charge in [-0.05, 0) is 26.7 Å². The number of amides is 2. The molecule has 0 aromatic rings. The highest BCUT2D eigenvalue weighted by Gasteiger charge is 2.22. The zero-order valence-corrected chi connectivity index (χ0v) is 11.9. The highest BCUT2D eigenvalue weighted by atomic mass is 16.4. The third kappa shape index (κ3) is 7.40. The fraction of sp³-hybridized carbons (Fsp3) is 0.615. The molecule has 0 heterocycles. The number of hydrogen-bond donors (Lipinski definition) is 3. The van der Waals surface area contributed by atoms with Crippen LogP contribution < -0.4 is 5.32 Å². The van der Waals surface area contributed by atoms with Gasteiger partial charge in [-0.2, -0.15) is 0 Å².